The van der Waals surface area contributed by atoms with Crippen LogP contribution < -0.4 is 15.0 Å². The number of methoxy groups -OCH3 is 2. The summed E-state index contributed by atoms with van der Waals surface area (Å²) in [7, 11) is 2.89. The Morgan fingerprint density at radius 1 is 1.11 bits per heavy atom. The van der Waals surface area contributed by atoms with E-state index in [4.69, 9.17) is 21.7 Å². The summed E-state index contributed by atoms with van der Waals surface area (Å²) in [5.74, 6) is -0.979. The molecule has 10 heteroatoms. The lowest BCUT2D eigenvalue weighted by Gasteiger charge is -2.29. The first kappa shape index (κ1) is 25.3. The van der Waals surface area contributed by atoms with E-state index in [9.17, 15) is 14.4 Å². The number of amides is 2. The molecule has 0 atom stereocenters. The van der Waals surface area contributed by atoms with E-state index < -0.39 is 17.8 Å². The summed E-state index contributed by atoms with van der Waals surface area (Å²) < 4.78 is 12.2. The second-order valence-corrected chi connectivity index (χ2v) is 9.87. The van der Waals surface area contributed by atoms with Gasteiger partial charge in [0.15, 0.2) is 5.11 Å². The van der Waals surface area contributed by atoms with Crippen molar-refractivity contribution < 1.29 is 23.9 Å². The van der Waals surface area contributed by atoms with Gasteiger partial charge in [-0.1, -0.05) is 6.07 Å². The summed E-state index contributed by atoms with van der Waals surface area (Å²) in [4.78, 5) is 41.1. The fourth-order valence-corrected chi connectivity index (χ4v) is 5.69. The van der Waals surface area contributed by atoms with Crippen LogP contribution in [0.2, 0.25) is 0 Å². The minimum absolute atomic E-state index is 0.00636. The van der Waals surface area contributed by atoms with Gasteiger partial charge in [0.2, 0.25) is 0 Å². The lowest BCUT2D eigenvalue weighted by atomic mass is 10.1. The summed E-state index contributed by atoms with van der Waals surface area (Å²) in [6.07, 6.45) is 1.55. The van der Waals surface area contributed by atoms with Gasteiger partial charge in [0.25, 0.3) is 11.8 Å². The summed E-state index contributed by atoms with van der Waals surface area (Å²) >= 11 is 6.78. The highest BCUT2D eigenvalue weighted by molar-refractivity contribution is 7.80. The number of nitrogens with one attached hydrogen (secondary N) is 1. The van der Waals surface area contributed by atoms with Crippen molar-refractivity contribution in [2.45, 2.75) is 27.7 Å². The molecule has 3 aromatic rings. The Hall–Kier alpha value is -3.76. The number of hydrogen-bond acceptors (Lipinski definition) is 7. The zero-order valence-electron chi connectivity index (χ0n) is 20.7. The fourth-order valence-electron chi connectivity index (χ4n) is 4.15. The summed E-state index contributed by atoms with van der Waals surface area (Å²) in [5, 5.41) is 3.33. The minimum Gasteiger partial charge on any atom is -0.497 e. The third kappa shape index (κ3) is 4.22. The van der Waals surface area contributed by atoms with Gasteiger partial charge in [-0.25, -0.2) is 4.79 Å². The molecule has 1 fully saturated rings. The van der Waals surface area contributed by atoms with Crippen molar-refractivity contribution in [2.75, 3.05) is 19.1 Å². The number of thiocarbonyl (C=S) groups is 1. The molecule has 0 saturated carbocycles. The van der Waals surface area contributed by atoms with Crippen LogP contribution in [0, 0.1) is 27.7 Å². The smallest absolute Gasteiger partial charge is 0.341 e. The van der Waals surface area contributed by atoms with Gasteiger partial charge < -0.3 is 14.0 Å². The maximum absolute atomic E-state index is 13.5. The topological polar surface area (TPSA) is 89.9 Å². The van der Waals surface area contributed by atoms with Crippen LogP contribution in [0.15, 0.2) is 35.9 Å². The molecule has 4 rings (SSSR count). The van der Waals surface area contributed by atoms with E-state index in [-0.39, 0.29) is 10.7 Å². The largest absolute Gasteiger partial charge is 0.497 e. The Morgan fingerprint density at radius 2 is 1.83 bits per heavy atom. The van der Waals surface area contributed by atoms with Crippen LogP contribution in [-0.4, -0.2) is 41.7 Å². The minimum atomic E-state index is -0.577. The van der Waals surface area contributed by atoms with Crippen molar-refractivity contribution in [3.63, 3.8) is 0 Å². The maximum atomic E-state index is 13.5. The van der Waals surface area contributed by atoms with Gasteiger partial charge in [-0.05, 0) is 75.3 Å². The lowest BCUT2D eigenvalue weighted by molar-refractivity contribution is -0.122. The third-order valence-electron chi connectivity index (χ3n) is 6.14. The molecule has 8 nitrogen and oxygen atoms in total. The van der Waals surface area contributed by atoms with Gasteiger partial charge in [0.05, 0.1) is 25.5 Å². The van der Waals surface area contributed by atoms with E-state index in [1.54, 1.807) is 30.3 Å². The molecule has 0 aliphatic carbocycles. The van der Waals surface area contributed by atoms with Crippen molar-refractivity contribution in [3.8, 4) is 10.8 Å². The Balaban J connectivity index is 1.81. The summed E-state index contributed by atoms with van der Waals surface area (Å²) in [5.41, 5.74) is 4.07. The lowest BCUT2D eigenvalue weighted by Crippen LogP contribution is -2.54. The first-order valence-corrected chi connectivity index (χ1v) is 12.2. The van der Waals surface area contributed by atoms with Crippen molar-refractivity contribution >= 4 is 58.2 Å². The van der Waals surface area contributed by atoms with Crippen LogP contribution in [0.5, 0.6) is 5.75 Å². The number of anilines is 1. The number of esters is 1. The number of ether oxygens (including phenoxy) is 2. The SMILES string of the molecule is COC(=O)c1c(-n2c(C)cc(/C=C3\C(=O)NC(=S)N(c4cccc(OC)c4)C3=O)c2C)sc(C)c1C. The van der Waals surface area contributed by atoms with Gasteiger partial charge in [0.1, 0.15) is 16.3 Å². The molecule has 0 unspecified atom stereocenters. The maximum Gasteiger partial charge on any atom is 0.341 e. The van der Waals surface area contributed by atoms with Crippen LogP contribution in [0.3, 0.4) is 0 Å². The van der Waals surface area contributed by atoms with Gasteiger partial charge in [-0.3, -0.25) is 19.8 Å². The number of benzene rings is 1. The average molecular weight is 524 g/mol. The van der Waals surface area contributed by atoms with Crippen LogP contribution >= 0.6 is 23.6 Å². The van der Waals surface area contributed by atoms with E-state index >= 15 is 0 Å². The second kappa shape index (κ2) is 9.71. The molecule has 0 radical (unpaired) electrons. The first-order valence-electron chi connectivity index (χ1n) is 11.0. The zero-order chi connectivity index (χ0) is 26.3. The number of nitrogens with zero attached hydrogens (tertiary/aromatic N) is 2. The summed E-state index contributed by atoms with van der Waals surface area (Å²) in [6, 6.07) is 8.74. The highest BCUT2D eigenvalue weighted by Crippen LogP contribution is 2.35. The molecule has 3 heterocycles. The standard InChI is InChI=1S/C26H25N3O5S2/c1-13-10-17(15(3)28(13)24-21(25(32)34-6)14(2)16(4)36-24)11-20-22(30)27-26(35)29(23(20)31)18-8-7-9-19(12-18)33-5/h7-12H,1-6H3,(H,27,30,35)/b20-11+. The highest BCUT2D eigenvalue weighted by Gasteiger charge is 2.35. The first-order chi connectivity index (χ1) is 17.1. The van der Waals surface area contributed by atoms with Crippen LogP contribution in [-0.2, 0) is 14.3 Å². The number of aryl methyl sites for hydroxylation is 2. The van der Waals surface area contributed by atoms with E-state index in [2.05, 4.69) is 5.32 Å². The fraction of sp³-hybridized carbons (Fsp3) is 0.231. The van der Waals surface area contributed by atoms with Crippen molar-refractivity contribution in [1.29, 1.82) is 0 Å². The Bertz CT molecular complexity index is 1460. The number of thiophene rings is 1. The van der Waals surface area contributed by atoms with Gasteiger partial charge in [-0.2, -0.15) is 0 Å². The van der Waals surface area contributed by atoms with Crippen molar-refractivity contribution in [1.82, 2.24) is 9.88 Å². The molecule has 1 saturated heterocycles. The Morgan fingerprint density at radius 3 is 2.50 bits per heavy atom. The van der Waals surface area contributed by atoms with E-state index in [0.717, 1.165) is 26.8 Å². The Kier molecular flexibility index (Phi) is 6.83. The molecule has 0 bridgehead atoms. The number of aromatic nitrogens is 1. The number of hydrogen-bond donors (Lipinski definition) is 1. The second-order valence-electron chi connectivity index (χ2n) is 8.28. The highest BCUT2D eigenvalue weighted by atomic mass is 32.1. The molecule has 2 aromatic heterocycles. The predicted octanol–water partition coefficient (Wildman–Crippen LogP) is 4.40. The molecule has 1 N–H and O–H groups in total. The molecule has 1 aliphatic rings. The van der Waals surface area contributed by atoms with Gasteiger partial charge in [-0.15, -0.1) is 11.3 Å². The van der Waals surface area contributed by atoms with Crippen LogP contribution in [0.4, 0.5) is 5.69 Å². The third-order valence-corrected chi connectivity index (χ3v) is 7.62. The molecule has 0 spiro atoms. The zero-order valence-corrected chi connectivity index (χ0v) is 22.3. The number of carbonyl (C=O) groups excluding carboxylic acids is 3. The van der Waals surface area contributed by atoms with E-state index in [1.807, 2.05) is 38.3 Å². The van der Waals surface area contributed by atoms with E-state index in [1.165, 1.54) is 30.5 Å². The van der Waals surface area contributed by atoms with E-state index in [0.29, 0.717) is 22.6 Å². The molecule has 186 valence electrons. The normalized spacial score (nSPS) is 14.9. The molecule has 1 aliphatic heterocycles. The quantitative estimate of drug-likeness (QED) is 0.231. The molecular formula is C26H25N3O5S2. The summed E-state index contributed by atoms with van der Waals surface area (Å²) in [6.45, 7) is 7.62. The van der Waals surface area contributed by atoms with Crippen LogP contribution in [0.25, 0.3) is 11.1 Å². The van der Waals surface area contributed by atoms with Gasteiger partial charge >= 0.3 is 5.97 Å². The molecule has 2 amide bonds. The van der Waals surface area contributed by atoms with Crippen LogP contribution in [0.1, 0.15) is 37.7 Å². The number of carbonyl (C=O) groups is 3. The predicted molar refractivity (Wildman–Crippen MR) is 143 cm³/mol. The Labute approximate surface area is 218 Å². The molecular weight excluding hydrogens is 498 g/mol. The van der Waals surface area contributed by atoms with Crippen molar-refractivity contribution in [3.05, 3.63) is 68.9 Å². The molecule has 36 heavy (non-hydrogen) atoms. The van der Waals surface area contributed by atoms with Gasteiger partial charge in [0, 0.05) is 22.3 Å². The number of rotatable bonds is 5. The van der Waals surface area contributed by atoms with Crippen molar-refractivity contribution in [2.24, 2.45) is 0 Å². The average Bonchev–Trinajstić information content (AvgIpc) is 3.29. The molecule has 1 aromatic carbocycles. The monoisotopic (exact) mass is 523 g/mol.